The molecule has 2 heterocycles. The van der Waals surface area contributed by atoms with Gasteiger partial charge in [0.1, 0.15) is 5.82 Å². The van der Waals surface area contributed by atoms with Crippen molar-refractivity contribution >= 4 is 59.6 Å². The van der Waals surface area contributed by atoms with Crippen LogP contribution in [0.5, 0.6) is 0 Å². The topological polar surface area (TPSA) is 34.0 Å². The molecule has 0 fully saturated rings. The van der Waals surface area contributed by atoms with E-state index < -0.39 is 11.9 Å². The van der Waals surface area contributed by atoms with E-state index in [0.29, 0.717) is 0 Å². The van der Waals surface area contributed by atoms with Crippen LogP contribution < -0.4 is 0 Å². The van der Waals surface area contributed by atoms with Gasteiger partial charge in [0, 0.05) is 30.2 Å². The van der Waals surface area contributed by atoms with E-state index in [1.165, 1.54) is 5.52 Å². The summed E-state index contributed by atoms with van der Waals surface area (Å²) in [4.78, 5) is 11.7. The molecule has 158 valence electrons. The first kappa shape index (κ1) is 22.8. The van der Waals surface area contributed by atoms with Gasteiger partial charge in [-0.15, -0.1) is 0 Å². The van der Waals surface area contributed by atoms with E-state index in [0.717, 1.165) is 40.9 Å². The van der Waals surface area contributed by atoms with Gasteiger partial charge in [0.25, 0.3) is 0 Å². The Balaban J connectivity index is 0.000000431. The predicted octanol–water partition coefficient (Wildman–Crippen LogP) is 6.57. The van der Waals surface area contributed by atoms with Crippen molar-refractivity contribution in [1.29, 1.82) is 0 Å². The standard InChI is InChI=1S/C20H20N4.4ClH.Pt/c1-23(2)13-14-24-18-11-4-3-10-17(18)22-20(24)16-9-5-7-15-8-6-12-21-19(15)16;;;;;/h3-12H,13-14H2,1-2H3;4*1H;/q;;;;;+4/p-4. The van der Waals surface area contributed by atoms with Crippen molar-refractivity contribution in [2.75, 3.05) is 20.6 Å². The maximum absolute atomic E-state index is 5.01. The molecular weight excluding hydrogens is 633 g/mol. The van der Waals surface area contributed by atoms with Crippen molar-refractivity contribution in [3.63, 3.8) is 0 Å². The summed E-state index contributed by atoms with van der Waals surface area (Å²) in [6.45, 7) is 1.86. The van der Waals surface area contributed by atoms with Gasteiger partial charge in [-0.25, -0.2) is 4.98 Å². The van der Waals surface area contributed by atoms with E-state index >= 15 is 0 Å². The molecule has 0 aliphatic rings. The van der Waals surface area contributed by atoms with Crippen molar-refractivity contribution in [3.05, 3.63) is 60.8 Å². The Morgan fingerprint density at radius 2 is 1.62 bits per heavy atom. The number of likely N-dealkylation sites (N-methyl/N-ethyl adjacent to an activating group) is 1. The van der Waals surface area contributed by atoms with Crippen LogP contribution in [0.25, 0.3) is 33.3 Å². The zero-order valence-corrected chi connectivity index (χ0v) is 21.1. The zero-order valence-electron chi connectivity index (χ0n) is 15.8. The van der Waals surface area contributed by atoms with Crippen LogP contribution >= 0.6 is 37.7 Å². The number of rotatable bonds is 4. The first-order valence-electron chi connectivity index (χ1n) is 8.66. The van der Waals surface area contributed by atoms with Gasteiger partial charge in [0.2, 0.25) is 0 Å². The van der Waals surface area contributed by atoms with Crippen LogP contribution in [0.2, 0.25) is 0 Å². The number of fused-ring (bicyclic) bond motifs is 2. The van der Waals surface area contributed by atoms with E-state index in [4.69, 9.17) is 42.7 Å². The van der Waals surface area contributed by atoms with Crippen molar-refractivity contribution in [1.82, 2.24) is 19.4 Å². The number of benzene rings is 2. The zero-order chi connectivity index (χ0) is 21.0. The molecule has 9 heteroatoms. The third-order valence-electron chi connectivity index (χ3n) is 4.30. The monoisotopic (exact) mass is 651 g/mol. The number of para-hydroxylation sites is 3. The molecule has 4 aromatic rings. The first-order valence-corrected chi connectivity index (χ1v) is 19.9. The molecular formula is C20H20Cl4N4Pt. The van der Waals surface area contributed by atoms with Crippen LogP contribution in [0, 0.1) is 0 Å². The summed E-state index contributed by atoms with van der Waals surface area (Å²) in [5, 5.41) is 1.14. The third kappa shape index (κ3) is 6.30. The number of halogens is 4. The van der Waals surface area contributed by atoms with Crippen LogP contribution in [0.3, 0.4) is 0 Å². The molecule has 0 spiro atoms. The Hall–Kier alpha value is -0.872. The fourth-order valence-electron chi connectivity index (χ4n) is 3.09. The average molecular weight is 653 g/mol. The summed E-state index contributed by atoms with van der Waals surface area (Å²) >= 11 is -3.06. The van der Waals surface area contributed by atoms with Gasteiger partial charge in [-0.1, -0.05) is 30.3 Å². The Labute approximate surface area is 189 Å². The Morgan fingerprint density at radius 3 is 2.34 bits per heavy atom. The number of hydrogen-bond acceptors (Lipinski definition) is 3. The third-order valence-corrected chi connectivity index (χ3v) is 4.30. The van der Waals surface area contributed by atoms with Crippen molar-refractivity contribution in [3.8, 4) is 11.4 Å². The van der Waals surface area contributed by atoms with Gasteiger partial charge in [-0.2, -0.15) is 0 Å². The molecule has 0 atom stereocenters. The molecule has 0 aliphatic carbocycles. The number of hydrogen-bond donors (Lipinski definition) is 0. The molecule has 0 saturated heterocycles. The SMILES string of the molecule is CN(C)CCn1c(-c2cccc3cccnc23)nc2ccccc21.[Cl][Pt]([Cl])([Cl])[Cl]. The summed E-state index contributed by atoms with van der Waals surface area (Å²) in [7, 11) is 24.2. The summed E-state index contributed by atoms with van der Waals surface area (Å²) in [6, 6.07) is 18.7. The molecule has 0 unspecified atom stereocenters. The second-order valence-electron chi connectivity index (χ2n) is 6.53. The summed E-state index contributed by atoms with van der Waals surface area (Å²) in [5.74, 6) is 0.988. The van der Waals surface area contributed by atoms with E-state index in [9.17, 15) is 0 Å². The van der Waals surface area contributed by atoms with Crippen molar-refractivity contribution < 1.29 is 11.9 Å². The number of pyridine rings is 1. The van der Waals surface area contributed by atoms with E-state index in [2.05, 4.69) is 71.0 Å². The van der Waals surface area contributed by atoms with E-state index in [1.807, 2.05) is 18.3 Å². The van der Waals surface area contributed by atoms with Crippen molar-refractivity contribution in [2.24, 2.45) is 0 Å². The van der Waals surface area contributed by atoms with E-state index in [-0.39, 0.29) is 0 Å². The fraction of sp³-hybridized carbons (Fsp3) is 0.200. The average Bonchev–Trinajstić information content (AvgIpc) is 3.03. The maximum atomic E-state index is 5.01. The van der Waals surface area contributed by atoms with Gasteiger partial charge >= 0.3 is 49.6 Å². The second-order valence-corrected chi connectivity index (χ2v) is 26.2. The normalized spacial score (nSPS) is 12.2. The van der Waals surface area contributed by atoms with Gasteiger partial charge in [-0.3, -0.25) is 4.98 Å². The molecule has 0 aliphatic heterocycles. The number of imidazole rings is 1. The summed E-state index contributed by atoms with van der Waals surface area (Å²) in [6.07, 6.45) is 1.85. The number of nitrogens with zero attached hydrogens (tertiary/aromatic N) is 4. The first-order chi connectivity index (χ1) is 13.7. The van der Waals surface area contributed by atoms with Gasteiger partial charge in [-0.05, 0) is 38.4 Å². The van der Waals surface area contributed by atoms with Gasteiger partial charge in [0.15, 0.2) is 0 Å². The second kappa shape index (κ2) is 9.96. The van der Waals surface area contributed by atoms with Crippen LogP contribution in [0.1, 0.15) is 0 Å². The van der Waals surface area contributed by atoms with E-state index in [1.54, 1.807) is 0 Å². The molecule has 0 saturated carbocycles. The van der Waals surface area contributed by atoms with Gasteiger partial charge < -0.3 is 9.47 Å². The molecule has 0 N–H and O–H groups in total. The molecule has 2 aromatic carbocycles. The molecule has 4 rings (SSSR count). The quantitative estimate of drug-likeness (QED) is 0.250. The Morgan fingerprint density at radius 1 is 0.931 bits per heavy atom. The molecule has 29 heavy (non-hydrogen) atoms. The Kier molecular flexibility index (Phi) is 7.83. The molecule has 2 aromatic heterocycles. The van der Waals surface area contributed by atoms with Crippen LogP contribution in [0.15, 0.2) is 60.8 Å². The van der Waals surface area contributed by atoms with Gasteiger partial charge in [0.05, 0.1) is 16.6 Å². The summed E-state index contributed by atoms with van der Waals surface area (Å²) < 4.78 is 2.30. The summed E-state index contributed by atoms with van der Waals surface area (Å²) in [5.41, 5.74) is 4.28. The number of aromatic nitrogens is 3. The molecule has 0 amide bonds. The minimum atomic E-state index is -3.06. The van der Waals surface area contributed by atoms with Crippen LogP contribution in [0.4, 0.5) is 0 Å². The molecule has 0 bridgehead atoms. The Bertz CT molecular complexity index is 1100. The van der Waals surface area contributed by atoms with Crippen LogP contribution in [-0.2, 0) is 18.4 Å². The molecule has 4 nitrogen and oxygen atoms in total. The predicted molar refractivity (Wildman–Crippen MR) is 122 cm³/mol. The van der Waals surface area contributed by atoms with Crippen molar-refractivity contribution in [2.45, 2.75) is 6.54 Å². The minimum absolute atomic E-state index is 0.895. The molecule has 0 radical (unpaired) electrons. The van der Waals surface area contributed by atoms with Crippen LogP contribution in [-0.4, -0.2) is 40.1 Å². The fourth-order valence-corrected chi connectivity index (χ4v) is 3.09.